The van der Waals surface area contributed by atoms with Crippen molar-refractivity contribution in [1.29, 1.82) is 0 Å². The zero-order valence-corrected chi connectivity index (χ0v) is 24.9. The number of hydrogen-bond acceptors (Lipinski definition) is 6. The summed E-state index contributed by atoms with van der Waals surface area (Å²) in [6.45, 7) is 9.40. The predicted octanol–water partition coefficient (Wildman–Crippen LogP) is 6.11. The predicted molar refractivity (Wildman–Crippen MR) is 154 cm³/mol. The first-order valence-corrected chi connectivity index (χ1v) is 13.3. The van der Waals surface area contributed by atoms with Crippen molar-refractivity contribution in [2.45, 2.75) is 58.8 Å². The third-order valence-corrected chi connectivity index (χ3v) is 6.42. The van der Waals surface area contributed by atoms with Gasteiger partial charge in [0.15, 0.2) is 6.61 Å². The van der Waals surface area contributed by atoms with Crippen LogP contribution in [0.1, 0.15) is 40.2 Å². The summed E-state index contributed by atoms with van der Waals surface area (Å²) in [4.78, 5) is 20.4. The number of alkyl halides is 4. The molecule has 3 aromatic rings. The molecule has 4 rings (SSSR count). The maximum absolute atomic E-state index is 14.0. The number of nitrogens with zero attached hydrogens (tertiary/aromatic N) is 5. The number of benzene rings is 2. The standard InChI is InChI=1S/C14H17F2N3.C12H12F3N3O2.C2H6.CH3F/c1-10(2)14(3,7-19-9-17-8-18-19)12-5-4-11(15)6-13(12)16;13-11(16)12(14,15)6-20-9-3-1-8(2-4-9)18-7-17-5-10(18)19;2*1-2/h4-6,8-10H,7H2,1-3H3;1-4,7,11H,5-6,16H2;1-2H3;1H3/t14-;;;/m0.../s1. The zero-order valence-electron chi connectivity index (χ0n) is 24.9. The van der Waals surface area contributed by atoms with Gasteiger partial charge in [0.1, 0.15) is 36.6 Å². The van der Waals surface area contributed by atoms with Crippen molar-refractivity contribution < 1.29 is 35.9 Å². The van der Waals surface area contributed by atoms with Crippen molar-refractivity contribution in [3.8, 4) is 5.75 Å². The van der Waals surface area contributed by atoms with Crippen LogP contribution in [0.2, 0.25) is 0 Å². The fraction of sp³-hybridized carbons (Fsp3) is 0.448. The molecule has 2 atom stereocenters. The molecule has 0 radical (unpaired) electrons. The molecule has 0 bridgehead atoms. The summed E-state index contributed by atoms with van der Waals surface area (Å²) in [5, 5.41) is 4.07. The second-order valence-electron chi connectivity index (χ2n) is 9.45. The number of amides is 1. The van der Waals surface area contributed by atoms with Crippen LogP contribution in [-0.4, -0.2) is 59.6 Å². The first-order valence-electron chi connectivity index (χ1n) is 13.3. The molecule has 1 unspecified atom stereocenters. The molecule has 2 N–H and O–H groups in total. The summed E-state index contributed by atoms with van der Waals surface area (Å²) < 4.78 is 81.2. The Morgan fingerprint density at radius 2 is 1.70 bits per heavy atom. The second-order valence-corrected chi connectivity index (χ2v) is 9.45. The lowest BCUT2D eigenvalue weighted by Crippen LogP contribution is -2.42. The average molecular weight is 617 g/mol. The van der Waals surface area contributed by atoms with E-state index in [2.05, 4.69) is 20.8 Å². The van der Waals surface area contributed by atoms with Crippen molar-refractivity contribution in [2.75, 3.05) is 25.2 Å². The van der Waals surface area contributed by atoms with Gasteiger partial charge < -0.3 is 4.74 Å². The largest absolute Gasteiger partial charge is 0.487 e. The Morgan fingerprint density at radius 1 is 1.07 bits per heavy atom. The summed E-state index contributed by atoms with van der Waals surface area (Å²) in [5.41, 5.74) is 5.06. The van der Waals surface area contributed by atoms with Gasteiger partial charge >= 0.3 is 5.92 Å². The topological polar surface area (TPSA) is 98.6 Å². The van der Waals surface area contributed by atoms with Gasteiger partial charge in [-0.1, -0.05) is 40.7 Å². The van der Waals surface area contributed by atoms with Crippen LogP contribution in [0.3, 0.4) is 0 Å². The fourth-order valence-corrected chi connectivity index (χ4v) is 3.70. The molecule has 1 aliphatic rings. The van der Waals surface area contributed by atoms with Crippen LogP contribution in [0.5, 0.6) is 5.75 Å². The number of rotatable bonds is 9. The summed E-state index contributed by atoms with van der Waals surface area (Å²) in [7, 11) is 0.500. The van der Waals surface area contributed by atoms with Crippen LogP contribution >= 0.6 is 0 Å². The first kappa shape index (κ1) is 37.1. The molecule has 0 saturated carbocycles. The van der Waals surface area contributed by atoms with Gasteiger partial charge in [0.25, 0.3) is 5.91 Å². The lowest BCUT2D eigenvalue weighted by molar-refractivity contribution is -0.115. The molecule has 238 valence electrons. The highest BCUT2D eigenvalue weighted by molar-refractivity contribution is 6.12. The Morgan fingerprint density at radius 3 is 2.16 bits per heavy atom. The number of halogens is 6. The number of aliphatic imine (C=N–C) groups is 1. The minimum Gasteiger partial charge on any atom is -0.487 e. The molecule has 1 aromatic heterocycles. The van der Waals surface area contributed by atoms with Gasteiger partial charge in [-0.15, -0.1) is 0 Å². The lowest BCUT2D eigenvalue weighted by atomic mass is 9.73. The molecule has 1 aliphatic heterocycles. The highest BCUT2D eigenvalue weighted by Gasteiger charge is 2.38. The maximum atomic E-state index is 14.0. The molecule has 8 nitrogen and oxygen atoms in total. The van der Waals surface area contributed by atoms with Crippen LogP contribution in [-0.2, 0) is 16.8 Å². The summed E-state index contributed by atoms with van der Waals surface area (Å²) >= 11 is 0. The highest BCUT2D eigenvalue weighted by Crippen LogP contribution is 2.35. The summed E-state index contributed by atoms with van der Waals surface area (Å²) in [5.74, 6) is -4.73. The van der Waals surface area contributed by atoms with Crippen LogP contribution in [0.25, 0.3) is 0 Å². The maximum Gasteiger partial charge on any atom is 0.324 e. The molecule has 2 heterocycles. The van der Waals surface area contributed by atoms with Gasteiger partial charge in [-0.2, -0.15) is 13.9 Å². The number of carbonyl (C=O) groups excluding carboxylic acids is 1. The number of hydrogen-bond donors (Lipinski definition) is 1. The SMILES string of the molecule is CC.CC(C)[C@](C)(Cn1cncn1)c1ccc(F)cc1F.CF.NC(F)C(F)(F)COc1ccc(N2C=NCC2=O)cc1. The third-order valence-electron chi connectivity index (χ3n) is 6.42. The second kappa shape index (κ2) is 17.2. The van der Waals surface area contributed by atoms with E-state index >= 15 is 0 Å². The van der Waals surface area contributed by atoms with Crippen molar-refractivity contribution in [1.82, 2.24) is 14.8 Å². The summed E-state index contributed by atoms with van der Waals surface area (Å²) in [6.07, 6.45) is 1.65. The molecular formula is C29H38F6N6O2. The molecular weight excluding hydrogens is 578 g/mol. The van der Waals surface area contributed by atoms with Crippen molar-refractivity contribution in [2.24, 2.45) is 16.6 Å². The number of carbonyl (C=O) groups is 1. The van der Waals surface area contributed by atoms with Crippen LogP contribution < -0.4 is 15.4 Å². The monoisotopic (exact) mass is 616 g/mol. The van der Waals surface area contributed by atoms with Gasteiger partial charge in [0.05, 0.1) is 25.7 Å². The Labute approximate surface area is 247 Å². The smallest absolute Gasteiger partial charge is 0.324 e. The number of anilines is 1. The van der Waals surface area contributed by atoms with Crippen LogP contribution in [0, 0.1) is 17.6 Å². The third kappa shape index (κ3) is 10.4. The van der Waals surface area contributed by atoms with E-state index in [4.69, 9.17) is 4.74 Å². The Balaban J connectivity index is 0.000000386. The van der Waals surface area contributed by atoms with E-state index in [1.165, 1.54) is 54.0 Å². The van der Waals surface area contributed by atoms with E-state index < -0.39 is 35.9 Å². The van der Waals surface area contributed by atoms with Crippen molar-refractivity contribution in [3.05, 3.63) is 72.3 Å². The number of aromatic nitrogens is 3. The quantitative estimate of drug-likeness (QED) is 0.231. The molecule has 1 amide bonds. The minimum absolute atomic E-state index is 0.0822. The van der Waals surface area contributed by atoms with Gasteiger partial charge in [-0.3, -0.25) is 29.5 Å². The Kier molecular flexibility index (Phi) is 14.9. The van der Waals surface area contributed by atoms with E-state index in [1.54, 1.807) is 11.0 Å². The number of ether oxygens (including phenoxy) is 1. The van der Waals surface area contributed by atoms with E-state index in [9.17, 15) is 31.1 Å². The van der Waals surface area contributed by atoms with E-state index in [0.29, 0.717) is 25.0 Å². The minimum atomic E-state index is -3.75. The van der Waals surface area contributed by atoms with Gasteiger partial charge in [0, 0.05) is 11.5 Å². The van der Waals surface area contributed by atoms with Crippen molar-refractivity contribution in [3.63, 3.8) is 0 Å². The Hall–Kier alpha value is -3.94. The highest BCUT2D eigenvalue weighted by atomic mass is 19.3. The molecule has 0 aliphatic carbocycles. The Bertz CT molecular complexity index is 1270. The molecule has 0 spiro atoms. The average Bonchev–Trinajstić information content (AvgIpc) is 3.66. The molecule has 2 aromatic carbocycles. The van der Waals surface area contributed by atoms with Gasteiger partial charge in [-0.25, -0.2) is 18.2 Å². The van der Waals surface area contributed by atoms with E-state index in [-0.39, 0.29) is 24.1 Å². The van der Waals surface area contributed by atoms with Crippen LogP contribution in [0.4, 0.5) is 32.0 Å². The lowest BCUT2D eigenvalue weighted by Gasteiger charge is -2.34. The first-order chi connectivity index (χ1) is 20.3. The molecule has 0 fully saturated rings. The zero-order chi connectivity index (χ0) is 32.8. The van der Waals surface area contributed by atoms with Gasteiger partial charge in [-0.05, 0) is 41.8 Å². The molecule has 43 heavy (non-hydrogen) atoms. The molecule has 0 saturated heterocycles. The molecule has 14 heteroatoms. The van der Waals surface area contributed by atoms with E-state index in [0.717, 1.165) is 6.07 Å². The normalized spacial score (nSPS) is 14.5. The fourth-order valence-electron chi connectivity index (χ4n) is 3.70. The van der Waals surface area contributed by atoms with E-state index in [1.807, 2.05) is 34.6 Å². The number of nitrogens with two attached hydrogens (primary N) is 1. The van der Waals surface area contributed by atoms with Crippen LogP contribution in [0.15, 0.2) is 60.1 Å². The van der Waals surface area contributed by atoms with Crippen molar-refractivity contribution >= 4 is 17.9 Å². The van der Waals surface area contributed by atoms with Gasteiger partial charge in [0.2, 0.25) is 6.30 Å². The summed E-state index contributed by atoms with van der Waals surface area (Å²) in [6, 6.07) is 9.55.